The first-order valence-corrected chi connectivity index (χ1v) is 7.80. The molecule has 2 fully saturated rings. The largest absolute Gasteiger partial charge is 0.396 e. The Kier molecular flexibility index (Phi) is 5.40. The summed E-state index contributed by atoms with van der Waals surface area (Å²) in [5, 5.41) is 9.00. The highest BCUT2D eigenvalue weighted by Gasteiger charge is 2.34. The molecule has 1 saturated heterocycles. The van der Waals surface area contributed by atoms with E-state index >= 15 is 0 Å². The maximum absolute atomic E-state index is 12.7. The molecule has 2 rings (SSSR count). The summed E-state index contributed by atoms with van der Waals surface area (Å²) in [4.78, 5) is 27.9. The molecule has 20 heavy (non-hydrogen) atoms. The van der Waals surface area contributed by atoms with Crippen LogP contribution >= 0.6 is 0 Å². The second kappa shape index (κ2) is 7.07. The summed E-state index contributed by atoms with van der Waals surface area (Å²) < 4.78 is 0. The average Bonchev–Trinajstić information content (AvgIpc) is 2.40. The molecule has 1 N–H and O–H groups in total. The van der Waals surface area contributed by atoms with Crippen LogP contribution in [0.2, 0.25) is 0 Å². The smallest absolute Gasteiger partial charge is 0.227 e. The first-order valence-electron chi connectivity index (χ1n) is 7.80. The number of likely N-dealkylation sites (tertiary alicyclic amines) is 1. The van der Waals surface area contributed by atoms with Crippen LogP contribution in [-0.2, 0) is 9.59 Å². The van der Waals surface area contributed by atoms with Crippen LogP contribution < -0.4 is 0 Å². The topological polar surface area (TPSA) is 60.9 Å². The third-order valence-corrected chi connectivity index (χ3v) is 4.57. The fraction of sp³-hybridized carbons (Fsp3) is 0.867. The first kappa shape index (κ1) is 15.3. The van der Waals surface area contributed by atoms with Gasteiger partial charge in [-0.25, -0.2) is 0 Å². The lowest BCUT2D eigenvalue weighted by Crippen LogP contribution is -2.51. The Hall–Kier alpha value is -1.10. The van der Waals surface area contributed by atoms with Gasteiger partial charge in [-0.1, -0.05) is 0 Å². The normalized spacial score (nSPS) is 23.3. The van der Waals surface area contributed by atoms with E-state index in [1.54, 1.807) is 11.8 Å². The van der Waals surface area contributed by atoms with Gasteiger partial charge in [0.2, 0.25) is 11.8 Å². The standard InChI is InChI=1S/C15H26N2O3/c1-12(19)16-8-3-5-13(11-16)15(20)17(9-4-10-18)14-6-2-7-14/h13-14,18H,2-11H2,1H3. The molecule has 1 aliphatic heterocycles. The van der Waals surface area contributed by atoms with Crippen LogP contribution in [0.1, 0.15) is 45.4 Å². The van der Waals surface area contributed by atoms with Crippen LogP contribution in [0, 0.1) is 5.92 Å². The van der Waals surface area contributed by atoms with E-state index in [2.05, 4.69) is 0 Å². The summed E-state index contributed by atoms with van der Waals surface area (Å²) in [6.45, 7) is 3.69. The molecule has 1 saturated carbocycles. The number of rotatable bonds is 5. The second-order valence-electron chi connectivity index (χ2n) is 6.00. The van der Waals surface area contributed by atoms with E-state index in [1.807, 2.05) is 4.90 Å². The van der Waals surface area contributed by atoms with E-state index in [9.17, 15) is 9.59 Å². The molecule has 0 bridgehead atoms. The van der Waals surface area contributed by atoms with Crippen molar-refractivity contribution < 1.29 is 14.7 Å². The molecule has 2 aliphatic rings. The van der Waals surface area contributed by atoms with Gasteiger partial charge in [-0.2, -0.15) is 0 Å². The highest BCUT2D eigenvalue weighted by Crippen LogP contribution is 2.28. The van der Waals surface area contributed by atoms with Gasteiger partial charge >= 0.3 is 0 Å². The Morgan fingerprint density at radius 1 is 1.25 bits per heavy atom. The van der Waals surface area contributed by atoms with Crippen molar-refractivity contribution in [2.24, 2.45) is 5.92 Å². The van der Waals surface area contributed by atoms with E-state index in [1.165, 1.54) is 6.42 Å². The number of nitrogens with zero attached hydrogens (tertiary/aromatic N) is 2. The summed E-state index contributed by atoms with van der Waals surface area (Å²) in [5.41, 5.74) is 0. The summed E-state index contributed by atoms with van der Waals surface area (Å²) >= 11 is 0. The Morgan fingerprint density at radius 2 is 2.00 bits per heavy atom. The maximum Gasteiger partial charge on any atom is 0.227 e. The summed E-state index contributed by atoms with van der Waals surface area (Å²) in [7, 11) is 0. The molecule has 5 nitrogen and oxygen atoms in total. The van der Waals surface area contributed by atoms with Gasteiger partial charge in [0.05, 0.1) is 5.92 Å². The van der Waals surface area contributed by atoms with E-state index < -0.39 is 0 Å². The van der Waals surface area contributed by atoms with Gasteiger partial charge in [-0.05, 0) is 38.5 Å². The first-order chi connectivity index (χ1) is 9.63. The number of aliphatic hydroxyl groups excluding tert-OH is 1. The molecule has 0 aromatic heterocycles. The quantitative estimate of drug-likeness (QED) is 0.818. The van der Waals surface area contributed by atoms with Gasteiger partial charge in [0.25, 0.3) is 0 Å². The number of piperidine rings is 1. The maximum atomic E-state index is 12.7. The Balaban J connectivity index is 1.96. The molecule has 1 unspecified atom stereocenters. The SMILES string of the molecule is CC(=O)N1CCCC(C(=O)N(CCCO)C2CCC2)C1. The van der Waals surface area contributed by atoms with E-state index in [4.69, 9.17) is 5.11 Å². The Morgan fingerprint density at radius 3 is 2.55 bits per heavy atom. The third-order valence-electron chi connectivity index (χ3n) is 4.57. The second-order valence-corrected chi connectivity index (χ2v) is 6.00. The van der Waals surface area contributed by atoms with Crippen molar-refractivity contribution in [3.05, 3.63) is 0 Å². The Bertz CT molecular complexity index is 355. The summed E-state index contributed by atoms with van der Waals surface area (Å²) in [6.07, 6.45) is 5.79. The van der Waals surface area contributed by atoms with E-state index in [0.717, 1.165) is 32.2 Å². The van der Waals surface area contributed by atoms with Crippen LogP contribution in [0.3, 0.4) is 0 Å². The molecular weight excluding hydrogens is 256 g/mol. The van der Waals surface area contributed by atoms with Crippen LogP contribution in [0.25, 0.3) is 0 Å². The predicted octanol–water partition coefficient (Wildman–Crippen LogP) is 1.01. The molecule has 0 radical (unpaired) electrons. The molecule has 0 aromatic rings. The average molecular weight is 282 g/mol. The zero-order valence-corrected chi connectivity index (χ0v) is 12.4. The minimum atomic E-state index is -0.0491. The van der Waals surface area contributed by atoms with Crippen molar-refractivity contribution in [1.29, 1.82) is 0 Å². The van der Waals surface area contributed by atoms with E-state index in [0.29, 0.717) is 25.6 Å². The van der Waals surface area contributed by atoms with Crippen molar-refractivity contribution in [1.82, 2.24) is 9.80 Å². The Labute approximate surface area is 120 Å². The zero-order chi connectivity index (χ0) is 14.5. The molecule has 1 atom stereocenters. The van der Waals surface area contributed by atoms with Gasteiger partial charge in [0.15, 0.2) is 0 Å². The molecule has 2 amide bonds. The van der Waals surface area contributed by atoms with Crippen molar-refractivity contribution in [2.75, 3.05) is 26.2 Å². The zero-order valence-electron chi connectivity index (χ0n) is 12.4. The van der Waals surface area contributed by atoms with Crippen molar-refractivity contribution in [2.45, 2.75) is 51.5 Å². The van der Waals surface area contributed by atoms with Crippen LogP contribution in [0.4, 0.5) is 0 Å². The number of carbonyl (C=O) groups is 2. The van der Waals surface area contributed by atoms with Crippen molar-refractivity contribution in [3.8, 4) is 0 Å². The van der Waals surface area contributed by atoms with Crippen molar-refractivity contribution >= 4 is 11.8 Å². The molecule has 114 valence electrons. The third kappa shape index (κ3) is 3.51. The molecule has 5 heteroatoms. The van der Waals surface area contributed by atoms with Gasteiger partial charge in [-0.15, -0.1) is 0 Å². The van der Waals surface area contributed by atoms with Gasteiger partial charge in [0.1, 0.15) is 0 Å². The number of amides is 2. The van der Waals surface area contributed by atoms with Crippen LogP contribution in [-0.4, -0.2) is 59.0 Å². The number of carbonyl (C=O) groups excluding carboxylic acids is 2. The fourth-order valence-corrected chi connectivity index (χ4v) is 3.11. The molecule has 1 aliphatic carbocycles. The minimum Gasteiger partial charge on any atom is -0.396 e. The molecule has 1 heterocycles. The van der Waals surface area contributed by atoms with Gasteiger partial charge < -0.3 is 14.9 Å². The summed E-state index contributed by atoms with van der Waals surface area (Å²) in [6, 6.07) is 0.363. The summed E-state index contributed by atoms with van der Waals surface area (Å²) in [5.74, 6) is 0.203. The highest BCUT2D eigenvalue weighted by atomic mass is 16.3. The number of hydrogen-bond donors (Lipinski definition) is 1. The van der Waals surface area contributed by atoms with E-state index in [-0.39, 0.29) is 24.3 Å². The fourth-order valence-electron chi connectivity index (χ4n) is 3.11. The lowest BCUT2D eigenvalue weighted by molar-refractivity contribution is -0.143. The molecule has 0 spiro atoms. The van der Waals surface area contributed by atoms with Gasteiger partial charge in [0, 0.05) is 39.2 Å². The monoisotopic (exact) mass is 282 g/mol. The van der Waals surface area contributed by atoms with Crippen LogP contribution in [0.5, 0.6) is 0 Å². The number of hydrogen-bond acceptors (Lipinski definition) is 3. The van der Waals surface area contributed by atoms with Crippen molar-refractivity contribution in [3.63, 3.8) is 0 Å². The molecular formula is C15H26N2O3. The predicted molar refractivity (Wildman–Crippen MR) is 76.0 cm³/mol. The lowest BCUT2D eigenvalue weighted by Gasteiger charge is -2.41. The molecule has 0 aromatic carbocycles. The lowest BCUT2D eigenvalue weighted by atomic mass is 9.88. The van der Waals surface area contributed by atoms with Gasteiger partial charge in [-0.3, -0.25) is 9.59 Å². The number of aliphatic hydroxyl groups is 1. The highest BCUT2D eigenvalue weighted by molar-refractivity contribution is 5.81. The van der Waals surface area contributed by atoms with Crippen LogP contribution in [0.15, 0.2) is 0 Å². The minimum absolute atomic E-state index is 0.0491.